The predicted molar refractivity (Wildman–Crippen MR) is 69.7 cm³/mol. The van der Waals surface area contributed by atoms with Crippen molar-refractivity contribution in [2.24, 2.45) is 0 Å². The summed E-state index contributed by atoms with van der Waals surface area (Å²) < 4.78 is 13.5. The number of nitrogen functional groups attached to an aromatic ring is 1. The second-order valence-electron chi connectivity index (χ2n) is 4.80. The Labute approximate surface area is 101 Å². The molecular formula is C14H17FN2. The molecule has 0 saturated carbocycles. The van der Waals surface area contributed by atoms with Gasteiger partial charge in [0.15, 0.2) is 0 Å². The maximum Gasteiger partial charge on any atom is 0.128 e. The van der Waals surface area contributed by atoms with Gasteiger partial charge in [-0.15, -0.1) is 0 Å². The molecule has 0 amide bonds. The van der Waals surface area contributed by atoms with Gasteiger partial charge in [-0.2, -0.15) is 0 Å². The summed E-state index contributed by atoms with van der Waals surface area (Å²) >= 11 is 0. The van der Waals surface area contributed by atoms with Crippen LogP contribution in [0, 0.1) is 19.7 Å². The quantitative estimate of drug-likeness (QED) is 0.814. The molecule has 0 atom stereocenters. The van der Waals surface area contributed by atoms with Gasteiger partial charge in [0.05, 0.1) is 5.52 Å². The lowest BCUT2D eigenvalue weighted by Gasteiger charge is -2.15. The summed E-state index contributed by atoms with van der Waals surface area (Å²) in [5.41, 5.74) is 10.1. The van der Waals surface area contributed by atoms with E-state index in [1.807, 2.05) is 6.92 Å². The predicted octanol–water partition coefficient (Wildman–Crippen LogP) is 3.70. The van der Waals surface area contributed by atoms with Crippen LogP contribution in [0.25, 0.3) is 10.9 Å². The molecule has 1 aromatic carbocycles. The van der Waals surface area contributed by atoms with E-state index in [4.69, 9.17) is 5.73 Å². The number of anilines is 1. The Hall–Kier alpha value is -1.64. The first kappa shape index (κ1) is 11.8. The Morgan fingerprint density at radius 2 is 1.88 bits per heavy atom. The molecule has 2 rings (SSSR count). The number of pyridine rings is 1. The first-order chi connectivity index (χ1) is 7.91. The zero-order valence-electron chi connectivity index (χ0n) is 10.6. The molecule has 0 saturated heterocycles. The molecule has 17 heavy (non-hydrogen) atoms. The van der Waals surface area contributed by atoms with E-state index in [2.05, 4.69) is 18.8 Å². The van der Waals surface area contributed by atoms with Crippen molar-refractivity contribution >= 4 is 16.6 Å². The first-order valence-corrected chi connectivity index (χ1v) is 5.77. The molecule has 0 aliphatic carbocycles. The monoisotopic (exact) mass is 232 g/mol. The maximum atomic E-state index is 13.5. The lowest BCUT2D eigenvalue weighted by molar-refractivity contribution is 0.620. The molecule has 90 valence electrons. The maximum absolute atomic E-state index is 13.5. The van der Waals surface area contributed by atoms with Crippen molar-refractivity contribution in [3.63, 3.8) is 0 Å². The highest BCUT2D eigenvalue weighted by Crippen LogP contribution is 2.32. The smallest absolute Gasteiger partial charge is 0.128 e. The van der Waals surface area contributed by atoms with E-state index in [-0.39, 0.29) is 5.82 Å². The molecule has 0 fully saturated rings. The van der Waals surface area contributed by atoms with Gasteiger partial charge in [-0.25, -0.2) is 4.39 Å². The summed E-state index contributed by atoms with van der Waals surface area (Å²) in [6.45, 7) is 7.83. The number of hydrogen-bond acceptors (Lipinski definition) is 2. The van der Waals surface area contributed by atoms with Crippen LogP contribution >= 0.6 is 0 Å². The van der Waals surface area contributed by atoms with Gasteiger partial charge in [0.1, 0.15) is 5.82 Å². The van der Waals surface area contributed by atoms with Gasteiger partial charge in [0, 0.05) is 22.8 Å². The fourth-order valence-corrected chi connectivity index (χ4v) is 2.29. The highest BCUT2D eigenvalue weighted by Gasteiger charge is 2.14. The van der Waals surface area contributed by atoms with E-state index in [1.165, 1.54) is 6.07 Å². The number of nitrogens with two attached hydrogens (primary N) is 1. The van der Waals surface area contributed by atoms with Crippen LogP contribution in [0.15, 0.2) is 12.1 Å². The van der Waals surface area contributed by atoms with Gasteiger partial charge in [-0.3, -0.25) is 4.98 Å². The number of benzene rings is 1. The average Bonchev–Trinajstić information content (AvgIpc) is 2.21. The largest absolute Gasteiger partial charge is 0.398 e. The summed E-state index contributed by atoms with van der Waals surface area (Å²) in [6.07, 6.45) is 0. The Morgan fingerprint density at radius 1 is 1.24 bits per heavy atom. The molecule has 0 aliphatic rings. The van der Waals surface area contributed by atoms with E-state index in [0.29, 0.717) is 17.0 Å². The van der Waals surface area contributed by atoms with Crippen molar-refractivity contribution in [2.45, 2.75) is 33.6 Å². The molecular weight excluding hydrogens is 215 g/mol. The number of rotatable bonds is 1. The molecule has 0 unspecified atom stereocenters. The number of nitrogens with zero attached hydrogens (tertiary/aromatic N) is 1. The molecule has 2 N–H and O–H groups in total. The molecule has 3 heteroatoms. The summed E-state index contributed by atoms with van der Waals surface area (Å²) in [4.78, 5) is 4.44. The molecule has 1 heterocycles. The van der Waals surface area contributed by atoms with Crippen LogP contribution in [-0.2, 0) is 0 Å². The van der Waals surface area contributed by atoms with Crippen molar-refractivity contribution in [3.8, 4) is 0 Å². The molecule has 0 radical (unpaired) electrons. The Bertz CT molecular complexity index is 589. The van der Waals surface area contributed by atoms with Crippen molar-refractivity contribution in [1.29, 1.82) is 0 Å². The third kappa shape index (κ3) is 1.86. The number of halogens is 1. The Kier molecular flexibility index (Phi) is 2.77. The zero-order chi connectivity index (χ0) is 12.7. The van der Waals surface area contributed by atoms with E-state index < -0.39 is 0 Å². The van der Waals surface area contributed by atoms with Crippen molar-refractivity contribution in [1.82, 2.24) is 4.98 Å². The fourth-order valence-electron chi connectivity index (χ4n) is 2.29. The van der Waals surface area contributed by atoms with Gasteiger partial charge < -0.3 is 5.73 Å². The average molecular weight is 232 g/mol. The molecule has 2 aromatic rings. The third-order valence-electron chi connectivity index (χ3n) is 3.11. The summed E-state index contributed by atoms with van der Waals surface area (Å²) in [5.74, 6) is 0.0818. The summed E-state index contributed by atoms with van der Waals surface area (Å²) in [5, 5.41) is 0.846. The molecule has 0 bridgehead atoms. The molecule has 0 aliphatic heterocycles. The van der Waals surface area contributed by atoms with Gasteiger partial charge in [-0.05, 0) is 37.0 Å². The minimum absolute atomic E-state index is 0.235. The van der Waals surface area contributed by atoms with E-state index in [0.717, 1.165) is 22.3 Å². The minimum atomic E-state index is -0.235. The van der Waals surface area contributed by atoms with Crippen LogP contribution in [0.5, 0.6) is 0 Å². The lowest BCUT2D eigenvalue weighted by atomic mass is 9.96. The molecule has 2 nitrogen and oxygen atoms in total. The fraction of sp³-hybridized carbons (Fsp3) is 0.357. The van der Waals surface area contributed by atoms with Crippen molar-refractivity contribution in [3.05, 3.63) is 34.8 Å². The van der Waals surface area contributed by atoms with E-state index in [1.54, 1.807) is 13.0 Å². The van der Waals surface area contributed by atoms with Gasteiger partial charge in [-0.1, -0.05) is 13.8 Å². The van der Waals surface area contributed by atoms with Crippen LogP contribution < -0.4 is 5.73 Å². The van der Waals surface area contributed by atoms with Crippen LogP contribution in [0.3, 0.4) is 0 Å². The number of aromatic nitrogens is 1. The third-order valence-corrected chi connectivity index (χ3v) is 3.11. The second kappa shape index (κ2) is 3.99. The SMILES string of the molecule is Cc1cc2c(N)c(C(C)C)c(C)nc2cc1F. The van der Waals surface area contributed by atoms with E-state index in [9.17, 15) is 4.39 Å². The Morgan fingerprint density at radius 3 is 2.47 bits per heavy atom. The van der Waals surface area contributed by atoms with Crippen molar-refractivity contribution < 1.29 is 4.39 Å². The van der Waals surface area contributed by atoms with Crippen LogP contribution in [-0.4, -0.2) is 4.98 Å². The zero-order valence-corrected chi connectivity index (χ0v) is 10.6. The highest BCUT2D eigenvalue weighted by molar-refractivity contribution is 5.93. The standard InChI is InChI=1S/C14H17FN2/c1-7(2)13-9(4)17-12-6-11(15)8(3)5-10(12)14(13)16/h5-7H,1-4H3,(H2,16,17). The van der Waals surface area contributed by atoms with Gasteiger partial charge in [0.2, 0.25) is 0 Å². The van der Waals surface area contributed by atoms with Crippen LogP contribution in [0.2, 0.25) is 0 Å². The van der Waals surface area contributed by atoms with Crippen LogP contribution in [0.4, 0.5) is 10.1 Å². The van der Waals surface area contributed by atoms with Crippen molar-refractivity contribution in [2.75, 3.05) is 5.73 Å². The number of fused-ring (bicyclic) bond motifs is 1. The summed E-state index contributed by atoms with van der Waals surface area (Å²) in [6, 6.07) is 3.23. The highest BCUT2D eigenvalue weighted by atomic mass is 19.1. The number of hydrogen-bond donors (Lipinski definition) is 1. The van der Waals surface area contributed by atoms with Crippen LogP contribution in [0.1, 0.15) is 36.6 Å². The van der Waals surface area contributed by atoms with Gasteiger partial charge >= 0.3 is 0 Å². The minimum Gasteiger partial charge on any atom is -0.398 e. The number of aryl methyl sites for hydroxylation is 2. The van der Waals surface area contributed by atoms with E-state index >= 15 is 0 Å². The first-order valence-electron chi connectivity index (χ1n) is 5.77. The molecule has 1 aromatic heterocycles. The lowest BCUT2D eigenvalue weighted by Crippen LogP contribution is -2.04. The Balaban J connectivity index is 2.87. The second-order valence-corrected chi connectivity index (χ2v) is 4.80. The van der Waals surface area contributed by atoms with Gasteiger partial charge in [0.25, 0.3) is 0 Å². The summed E-state index contributed by atoms with van der Waals surface area (Å²) in [7, 11) is 0. The molecule has 0 spiro atoms. The normalized spacial score (nSPS) is 11.4. The topological polar surface area (TPSA) is 38.9 Å².